The second kappa shape index (κ2) is 4.08. The van der Waals surface area contributed by atoms with E-state index < -0.39 is 0 Å². The van der Waals surface area contributed by atoms with Gasteiger partial charge in [0.25, 0.3) is 0 Å². The van der Waals surface area contributed by atoms with Crippen LogP contribution in [0.5, 0.6) is 0 Å². The van der Waals surface area contributed by atoms with Crippen molar-refractivity contribution in [2.24, 2.45) is 29.4 Å². The minimum atomic E-state index is 0.529. The fourth-order valence-corrected chi connectivity index (χ4v) is 4.52. The molecule has 0 amide bonds. The van der Waals surface area contributed by atoms with Crippen molar-refractivity contribution in [3.8, 4) is 0 Å². The van der Waals surface area contributed by atoms with E-state index >= 15 is 0 Å². The molecule has 0 spiro atoms. The van der Waals surface area contributed by atoms with E-state index in [1.165, 1.54) is 25.7 Å². The van der Waals surface area contributed by atoms with Crippen molar-refractivity contribution in [1.29, 1.82) is 0 Å². The van der Waals surface area contributed by atoms with Crippen LogP contribution in [0.3, 0.4) is 0 Å². The molecule has 0 aromatic heterocycles. The zero-order valence-corrected chi connectivity index (χ0v) is 9.83. The topological polar surface area (TPSA) is 26.0 Å². The smallest absolute Gasteiger partial charge is 0.00390 e. The van der Waals surface area contributed by atoms with Gasteiger partial charge in [-0.25, -0.2) is 0 Å². The molecule has 3 atom stereocenters. The summed E-state index contributed by atoms with van der Waals surface area (Å²) in [7, 11) is 0. The number of nitrogens with two attached hydrogens (primary N) is 1. The zero-order chi connectivity index (χ0) is 10.3. The van der Waals surface area contributed by atoms with Crippen LogP contribution >= 0.6 is 0 Å². The molecule has 1 heteroatoms. The summed E-state index contributed by atoms with van der Waals surface area (Å²) in [5.41, 5.74) is 5.97. The fourth-order valence-electron chi connectivity index (χ4n) is 4.52. The van der Waals surface area contributed by atoms with Crippen LogP contribution in [0.15, 0.2) is 0 Å². The van der Waals surface area contributed by atoms with Crippen LogP contribution in [0.4, 0.5) is 0 Å². The van der Waals surface area contributed by atoms with Gasteiger partial charge in [-0.3, -0.25) is 0 Å². The second-order valence-corrected chi connectivity index (χ2v) is 6.45. The molecular weight excluding hydrogens is 182 g/mol. The van der Waals surface area contributed by atoms with Gasteiger partial charge in [-0.2, -0.15) is 0 Å². The first-order chi connectivity index (χ1) is 7.31. The van der Waals surface area contributed by atoms with Gasteiger partial charge < -0.3 is 5.73 Å². The second-order valence-electron chi connectivity index (χ2n) is 6.45. The van der Waals surface area contributed by atoms with Crippen molar-refractivity contribution in [2.75, 3.05) is 0 Å². The Hall–Kier alpha value is -0.0400. The lowest BCUT2D eigenvalue weighted by Gasteiger charge is -2.31. The minimum absolute atomic E-state index is 0.529. The molecule has 3 rings (SSSR count). The van der Waals surface area contributed by atoms with E-state index in [9.17, 15) is 0 Å². The van der Waals surface area contributed by atoms with E-state index in [0.29, 0.717) is 6.04 Å². The first-order valence-electron chi connectivity index (χ1n) is 7.07. The van der Waals surface area contributed by atoms with Gasteiger partial charge in [0.15, 0.2) is 0 Å². The van der Waals surface area contributed by atoms with Crippen LogP contribution in [-0.4, -0.2) is 6.04 Å². The molecule has 0 aliphatic heterocycles. The molecule has 3 aliphatic rings. The molecule has 3 saturated carbocycles. The Balaban J connectivity index is 1.49. The van der Waals surface area contributed by atoms with E-state index in [0.717, 1.165) is 23.7 Å². The van der Waals surface area contributed by atoms with Gasteiger partial charge in [0.1, 0.15) is 0 Å². The third-order valence-corrected chi connectivity index (χ3v) is 5.41. The largest absolute Gasteiger partial charge is 0.328 e. The van der Waals surface area contributed by atoms with Crippen molar-refractivity contribution < 1.29 is 0 Å². The highest BCUT2D eigenvalue weighted by Gasteiger charge is 2.40. The minimum Gasteiger partial charge on any atom is -0.328 e. The highest BCUT2D eigenvalue weighted by atomic mass is 14.6. The van der Waals surface area contributed by atoms with Crippen molar-refractivity contribution in [1.82, 2.24) is 0 Å². The number of hydrogen-bond donors (Lipinski definition) is 1. The summed E-state index contributed by atoms with van der Waals surface area (Å²) in [5, 5.41) is 0. The Morgan fingerprint density at radius 3 is 2.27 bits per heavy atom. The molecule has 3 aliphatic carbocycles. The first kappa shape index (κ1) is 10.1. The maximum absolute atomic E-state index is 5.97. The van der Waals surface area contributed by atoms with Gasteiger partial charge in [0, 0.05) is 6.04 Å². The molecule has 2 N–H and O–H groups in total. The molecule has 0 unspecified atom stereocenters. The van der Waals surface area contributed by atoms with Gasteiger partial charge >= 0.3 is 0 Å². The molecule has 0 heterocycles. The number of rotatable bonds is 2. The van der Waals surface area contributed by atoms with E-state index in [1.807, 2.05) is 0 Å². The average molecular weight is 207 g/mol. The Kier molecular flexibility index (Phi) is 2.76. The molecule has 0 radical (unpaired) electrons. The number of hydrogen-bond acceptors (Lipinski definition) is 1. The molecule has 3 fully saturated rings. The van der Waals surface area contributed by atoms with E-state index in [2.05, 4.69) is 0 Å². The van der Waals surface area contributed by atoms with Crippen molar-refractivity contribution in [3.63, 3.8) is 0 Å². The summed E-state index contributed by atoms with van der Waals surface area (Å²) in [6.07, 6.45) is 13.3. The lowest BCUT2D eigenvalue weighted by Crippen LogP contribution is -2.28. The van der Waals surface area contributed by atoms with E-state index in [1.54, 1.807) is 32.1 Å². The normalized spacial score (nSPS) is 49.8. The third-order valence-electron chi connectivity index (χ3n) is 5.41. The highest BCUT2D eigenvalue weighted by molar-refractivity contribution is 4.91. The van der Waals surface area contributed by atoms with Gasteiger partial charge in [-0.1, -0.05) is 6.42 Å². The lowest BCUT2D eigenvalue weighted by molar-refractivity contribution is 0.221. The van der Waals surface area contributed by atoms with Gasteiger partial charge in [0.2, 0.25) is 0 Å². The van der Waals surface area contributed by atoms with Crippen LogP contribution < -0.4 is 5.73 Å². The summed E-state index contributed by atoms with van der Waals surface area (Å²) >= 11 is 0. The van der Waals surface area contributed by atoms with Crippen LogP contribution in [0.2, 0.25) is 0 Å². The Morgan fingerprint density at radius 2 is 1.67 bits per heavy atom. The van der Waals surface area contributed by atoms with E-state index in [-0.39, 0.29) is 0 Å². The maximum atomic E-state index is 5.97. The maximum Gasteiger partial charge on any atom is 0.00390 e. The molecule has 0 aromatic rings. The van der Waals surface area contributed by atoms with Crippen molar-refractivity contribution >= 4 is 0 Å². The molecule has 86 valence electrons. The van der Waals surface area contributed by atoms with Crippen LogP contribution in [-0.2, 0) is 0 Å². The molecule has 0 aromatic carbocycles. The first-order valence-corrected chi connectivity index (χ1v) is 7.07. The van der Waals surface area contributed by atoms with E-state index in [4.69, 9.17) is 5.73 Å². The molecule has 2 bridgehead atoms. The van der Waals surface area contributed by atoms with Crippen molar-refractivity contribution in [3.05, 3.63) is 0 Å². The summed E-state index contributed by atoms with van der Waals surface area (Å²) in [6.45, 7) is 0. The summed E-state index contributed by atoms with van der Waals surface area (Å²) in [4.78, 5) is 0. The quantitative estimate of drug-likeness (QED) is 0.738. The zero-order valence-electron chi connectivity index (χ0n) is 9.83. The van der Waals surface area contributed by atoms with Crippen LogP contribution in [0, 0.1) is 23.7 Å². The van der Waals surface area contributed by atoms with Crippen LogP contribution in [0.1, 0.15) is 57.8 Å². The molecule has 15 heavy (non-hydrogen) atoms. The number of fused-ring (bicyclic) bond motifs is 2. The molecular formula is C14H25N. The fraction of sp³-hybridized carbons (Fsp3) is 1.00. The average Bonchev–Trinajstić information content (AvgIpc) is 2.83. The third kappa shape index (κ3) is 2.08. The molecule has 1 nitrogen and oxygen atoms in total. The standard InChI is InChI=1S/C14H25N/c15-14-5-2-10(3-6-14)7-13-9-11-1-4-12(13)8-11/h10-14H,1-9,15H2/t10?,11-,12+,13+,14?/m0/s1. The van der Waals surface area contributed by atoms with Gasteiger partial charge in [-0.05, 0) is 75.0 Å². The Bertz CT molecular complexity index is 217. The molecule has 0 saturated heterocycles. The summed E-state index contributed by atoms with van der Waals surface area (Å²) < 4.78 is 0. The van der Waals surface area contributed by atoms with Gasteiger partial charge in [-0.15, -0.1) is 0 Å². The van der Waals surface area contributed by atoms with Crippen molar-refractivity contribution in [2.45, 2.75) is 63.8 Å². The Labute approximate surface area is 93.8 Å². The van der Waals surface area contributed by atoms with Gasteiger partial charge in [0.05, 0.1) is 0 Å². The SMILES string of the molecule is NC1CCC(C[C@@H]2C[C@H]3CC[C@@H]2C3)CC1. The predicted octanol–water partition coefficient (Wildman–Crippen LogP) is 3.33. The Morgan fingerprint density at radius 1 is 0.867 bits per heavy atom. The summed E-state index contributed by atoms with van der Waals surface area (Å²) in [6, 6.07) is 0.529. The highest BCUT2D eigenvalue weighted by Crippen LogP contribution is 2.51. The predicted molar refractivity (Wildman–Crippen MR) is 63.5 cm³/mol. The monoisotopic (exact) mass is 207 g/mol. The summed E-state index contributed by atoms with van der Waals surface area (Å²) in [5.74, 6) is 4.41. The van der Waals surface area contributed by atoms with Crippen LogP contribution in [0.25, 0.3) is 0 Å². The lowest BCUT2D eigenvalue weighted by atomic mass is 9.76.